The number of nitrogens with one attached hydrogen (secondary N) is 1. The highest BCUT2D eigenvalue weighted by Crippen LogP contribution is 2.29. The second-order valence-electron chi connectivity index (χ2n) is 6.05. The Labute approximate surface area is 136 Å². The molecule has 2 aromatic rings. The molecular formula is C19H20N2O2. The van der Waals surface area contributed by atoms with E-state index in [0.29, 0.717) is 22.3 Å². The summed E-state index contributed by atoms with van der Waals surface area (Å²) in [4.78, 5) is 27.3. The lowest BCUT2D eigenvalue weighted by Crippen LogP contribution is -2.21. The molecule has 4 nitrogen and oxygen atoms in total. The molecule has 0 aliphatic heterocycles. The first-order valence-corrected chi connectivity index (χ1v) is 7.79. The van der Waals surface area contributed by atoms with E-state index in [4.69, 9.17) is 0 Å². The highest BCUT2D eigenvalue weighted by Gasteiger charge is 2.29. The Morgan fingerprint density at radius 2 is 1.48 bits per heavy atom. The average Bonchev–Trinajstić information content (AvgIpc) is 2.56. The zero-order chi connectivity index (χ0) is 16.4. The number of hydrogen-bond acceptors (Lipinski definition) is 4. The van der Waals surface area contributed by atoms with E-state index in [-0.39, 0.29) is 11.6 Å². The molecule has 0 saturated heterocycles. The third kappa shape index (κ3) is 3.03. The van der Waals surface area contributed by atoms with Crippen LogP contribution in [0.2, 0.25) is 0 Å². The number of benzene rings is 2. The molecule has 1 N–H and O–H groups in total. The number of anilines is 1. The van der Waals surface area contributed by atoms with Gasteiger partial charge in [-0.05, 0) is 45.3 Å². The fourth-order valence-corrected chi connectivity index (χ4v) is 2.84. The summed E-state index contributed by atoms with van der Waals surface area (Å²) in [6.45, 7) is 1.83. The predicted molar refractivity (Wildman–Crippen MR) is 91.4 cm³/mol. The summed E-state index contributed by atoms with van der Waals surface area (Å²) >= 11 is 0. The molecule has 0 aromatic heterocycles. The van der Waals surface area contributed by atoms with Crippen molar-refractivity contribution in [3.8, 4) is 0 Å². The lowest BCUT2D eigenvalue weighted by molar-refractivity contribution is 0.0979. The van der Waals surface area contributed by atoms with Crippen LogP contribution in [0.4, 0.5) is 5.69 Å². The molecule has 118 valence electrons. The fourth-order valence-electron chi connectivity index (χ4n) is 2.84. The van der Waals surface area contributed by atoms with Gasteiger partial charge in [-0.15, -0.1) is 0 Å². The molecule has 1 aliphatic rings. The maximum Gasteiger partial charge on any atom is 0.194 e. The summed E-state index contributed by atoms with van der Waals surface area (Å²) in [5, 5.41) is 3.32. The summed E-state index contributed by atoms with van der Waals surface area (Å²) < 4.78 is 0. The molecule has 4 heteroatoms. The van der Waals surface area contributed by atoms with Gasteiger partial charge in [-0.25, -0.2) is 0 Å². The molecule has 0 spiro atoms. The minimum Gasteiger partial charge on any atom is -0.385 e. The molecule has 0 unspecified atom stereocenters. The average molecular weight is 308 g/mol. The van der Waals surface area contributed by atoms with E-state index < -0.39 is 0 Å². The third-order valence-electron chi connectivity index (χ3n) is 4.04. The van der Waals surface area contributed by atoms with E-state index in [1.165, 1.54) is 0 Å². The Balaban J connectivity index is 1.83. The number of ketones is 2. The molecule has 0 radical (unpaired) electrons. The van der Waals surface area contributed by atoms with Crippen LogP contribution in [0.1, 0.15) is 38.3 Å². The molecule has 0 heterocycles. The van der Waals surface area contributed by atoms with Gasteiger partial charge in [0.05, 0.1) is 0 Å². The Bertz CT molecular complexity index is 766. The van der Waals surface area contributed by atoms with Crippen LogP contribution in [0.15, 0.2) is 42.5 Å². The van der Waals surface area contributed by atoms with Gasteiger partial charge in [0.25, 0.3) is 0 Å². The number of hydrogen-bond donors (Lipinski definition) is 1. The van der Waals surface area contributed by atoms with Gasteiger partial charge in [0.1, 0.15) is 0 Å². The number of carbonyl (C=O) groups is 2. The van der Waals surface area contributed by atoms with Crippen LogP contribution in [-0.4, -0.2) is 43.7 Å². The predicted octanol–water partition coefficient (Wildman–Crippen LogP) is 2.83. The smallest absolute Gasteiger partial charge is 0.194 e. The van der Waals surface area contributed by atoms with E-state index in [2.05, 4.69) is 10.2 Å². The zero-order valence-electron chi connectivity index (χ0n) is 13.4. The minimum absolute atomic E-state index is 0.0747. The van der Waals surface area contributed by atoms with Crippen LogP contribution >= 0.6 is 0 Å². The van der Waals surface area contributed by atoms with Crippen LogP contribution in [0.3, 0.4) is 0 Å². The lowest BCUT2D eigenvalue weighted by atomic mass is 9.84. The van der Waals surface area contributed by atoms with Crippen molar-refractivity contribution < 1.29 is 9.59 Å². The largest absolute Gasteiger partial charge is 0.385 e. The normalized spacial score (nSPS) is 13.0. The second kappa shape index (κ2) is 6.34. The van der Waals surface area contributed by atoms with Gasteiger partial charge in [-0.3, -0.25) is 9.59 Å². The highest BCUT2D eigenvalue weighted by molar-refractivity contribution is 6.28. The Hall–Kier alpha value is -2.46. The van der Waals surface area contributed by atoms with Crippen LogP contribution in [-0.2, 0) is 0 Å². The second-order valence-corrected chi connectivity index (χ2v) is 6.05. The lowest BCUT2D eigenvalue weighted by Gasteiger charge is -2.18. The number of nitrogens with zero attached hydrogens (tertiary/aromatic N) is 1. The zero-order valence-corrected chi connectivity index (χ0v) is 13.4. The van der Waals surface area contributed by atoms with E-state index in [0.717, 1.165) is 25.2 Å². The summed E-state index contributed by atoms with van der Waals surface area (Å²) in [5.74, 6) is -0.151. The molecular weight excluding hydrogens is 288 g/mol. The van der Waals surface area contributed by atoms with Crippen molar-refractivity contribution in [2.75, 3.05) is 32.5 Å². The number of carbonyl (C=O) groups excluding carboxylic acids is 2. The first kappa shape index (κ1) is 15.4. The van der Waals surface area contributed by atoms with E-state index in [1.54, 1.807) is 36.4 Å². The van der Waals surface area contributed by atoms with Gasteiger partial charge in [0, 0.05) is 34.5 Å². The van der Waals surface area contributed by atoms with Crippen LogP contribution in [0, 0.1) is 0 Å². The van der Waals surface area contributed by atoms with Gasteiger partial charge in [0.15, 0.2) is 11.6 Å². The van der Waals surface area contributed by atoms with Crippen molar-refractivity contribution in [3.05, 3.63) is 64.7 Å². The van der Waals surface area contributed by atoms with Gasteiger partial charge < -0.3 is 10.2 Å². The standard InChI is InChI=1S/C19H20N2O2/c1-21(2)11-5-10-20-13-8-9-16-17(12-13)19(23)15-7-4-3-6-14(15)18(16)22/h3-4,6-9,12,20H,5,10-11H2,1-2H3. The molecule has 0 fully saturated rings. The van der Waals surface area contributed by atoms with Crippen LogP contribution in [0.5, 0.6) is 0 Å². The van der Waals surface area contributed by atoms with Crippen LogP contribution in [0.25, 0.3) is 0 Å². The van der Waals surface area contributed by atoms with Crippen molar-refractivity contribution in [1.82, 2.24) is 4.90 Å². The quantitative estimate of drug-likeness (QED) is 0.736. The van der Waals surface area contributed by atoms with Gasteiger partial charge in [-0.1, -0.05) is 24.3 Å². The van der Waals surface area contributed by atoms with Crippen molar-refractivity contribution >= 4 is 17.3 Å². The topological polar surface area (TPSA) is 49.4 Å². The first-order valence-electron chi connectivity index (χ1n) is 7.79. The molecule has 0 bridgehead atoms. The summed E-state index contributed by atoms with van der Waals surface area (Å²) in [5.41, 5.74) is 2.85. The fraction of sp³-hybridized carbons (Fsp3) is 0.263. The van der Waals surface area contributed by atoms with Gasteiger partial charge in [-0.2, -0.15) is 0 Å². The molecule has 1 aliphatic carbocycles. The molecule has 0 saturated carbocycles. The Morgan fingerprint density at radius 3 is 2.13 bits per heavy atom. The first-order chi connectivity index (χ1) is 11.1. The number of rotatable bonds is 5. The van der Waals surface area contributed by atoms with E-state index >= 15 is 0 Å². The van der Waals surface area contributed by atoms with Gasteiger partial charge in [0.2, 0.25) is 0 Å². The third-order valence-corrected chi connectivity index (χ3v) is 4.04. The monoisotopic (exact) mass is 308 g/mol. The van der Waals surface area contributed by atoms with E-state index in [1.807, 2.05) is 20.2 Å². The molecule has 3 rings (SSSR count). The SMILES string of the molecule is CN(C)CCCNc1ccc2c(c1)C(=O)c1ccccc1C2=O. The highest BCUT2D eigenvalue weighted by atomic mass is 16.1. The summed E-state index contributed by atoms with van der Waals surface area (Å²) in [7, 11) is 4.08. The van der Waals surface area contributed by atoms with Crippen molar-refractivity contribution in [1.29, 1.82) is 0 Å². The van der Waals surface area contributed by atoms with E-state index in [9.17, 15) is 9.59 Å². The maximum atomic E-state index is 12.6. The molecule has 0 atom stereocenters. The van der Waals surface area contributed by atoms with Crippen molar-refractivity contribution in [2.45, 2.75) is 6.42 Å². The molecule has 2 aromatic carbocycles. The molecule has 0 amide bonds. The molecule has 23 heavy (non-hydrogen) atoms. The van der Waals surface area contributed by atoms with Crippen molar-refractivity contribution in [2.24, 2.45) is 0 Å². The maximum absolute atomic E-state index is 12.6. The minimum atomic E-state index is -0.0767. The van der Waals surface area contributed by atoms with Gasteiger partial charge >= 0.3 is 0 Å². The summed E-state index contributed by atoms with van der Waals surface area (Å²) in [6, 6.07) is 12.4. The Morgan fingerprint density at radius 1 is 0.870 bits per heavy atom. The summed E-state index contributed by atoms with van der Waals surface area (Å²) in [6.07, 6.45) is 1.01. The Kier molecular flexibility index (Phi) is 4.26. The van der Waals surface area contributed by atoms with Crippen molar-refractivity contribution in [3.63, 3.8) is 0 Å². The van der Waals surface area contributed by atoms with Crippen LogP contribution < -0.4 is 5.32 Å². The number of fused-ring (bicyclic) bond motifs is 2.